The van der Waals surface area contributed by atoms with Crippen LogP contribution in [0.25, 0.3) is 10.8 Å². The Kier molecular flexibility index (Phi) is 15.0. The number of fused-ring (bicyclic) bond motifs is 14. The zero-order valence-corrected chi connectivity index (χ0v) is 35.5. The van der Waals surface area contributed by atoms with E-state index in [1.165, 1.54) is 59.6 Å². The van der Waals surface area contributed by atoms with Crippen LogP contribution in [0.3, 0.4) is 0 Å². The Balaban J connectivity index is 1.98. The predicted octanol–water partition coefficient (Wildman–Crippen LogP) is 5.46. The van der Waals surface area contributed by atoms with Crippen LogP contribution in [0.2, 0.25) is 0 Å². The molecule has 5 bridgehead atoms. The van der Waals surface area contributed by atoms with E-state index in [1.807, 2.05) is 18.7 Å². The summed E-state index contributed by atoms with van der Waals surface area (Å²) in [6.45, 7) is 17.6. The molecule has 0 unspecified atom stereocenters. The Labute approximate surface area is 344 Å². The van der Waals surface area contributed by atoms with Gasteiger partial charge in [-0.2, -0.15) is 5.10 Å². The third kappa shape index (κ3) is 9.40. The predicted molar refractivity (Wildman–Crippen MR) is 223 cm³/mol. The third-order valence-corrected chi connectivity index (χ3v) is 11.3. The van der Waals surface area contributed by atoms with Crippen molar-refractivity contribution >= 4 is 46.7 Å². The molecule has 0 aromatic heterocycles. The Morgan fingerprint density at radius 2 is 1.61 bits per heavy atom. The van der Waals surface area contributed by atoms with Gasteiger partial charge in [-0.3, -0.25) is 14.4 Å². The van der Waals surface area contributed by atoms with Crippen LogP contribution in [0.1, 0.15) is 83.8 Å². The van der Waals surface area contributed by atoms with Gasteiger partial charge in [0.25, 0.3) is 11.7 Å². The van der Waals surface area contributed by atoms with Crippen molar-refractivity contribution in [2.75, 3.05) is 25.5 Å². The molecule has 2 aromatic carbocycles. The van der Waals surface area contributed by atoms with E-state index < -0.39 is 88.8 Å². The first-order valence-electron chi connectivity index (χ1n) is 19.6. The normalized spacial score (nSPS) is 30.2. The summed E-state index contributed by atoms with van der Waals surface area (Å²) in [5, 5.41) is 68.2. The SMILES string of the molecule is CCN(/C=N/N=C/c1c2c(O)c3c(O)c(C)c4c(c3c1O)C(=O)[C@@](C)(O/C=C/[C@H](OC)[C@@H](C)[C@@H](OC(C)=O)[C@H](C)[C@H](O)[C@H](C)[C@@H](O)[C@@H](C)/C=C/C=C(/C)C(=O)N2)O4)CC. The van der Waals surface area contributed by atoms with Gasteiger partial charge in [0, 0.05) is 74.2 Å². The van der Waals surface area contributed by atoms with Crippen LogP contribution >= 0.6 is 0 Å². The number of rotatable bonds is 7. The Hall–Kier alpha value is -5.45. The van der Waals surface area contributed by atoms with Crippen molar-refractivity contribution in [3.05, 3.63) is 52.8 Å². The van der Waals surface area contributed by atoms with Gasteiger partial charge in [-0.15, -0.1) is 5.10 Å². The van der Waals surface area contributed by atoms with Crippen LogP contribution in [0.5, 0.6) is 23.0 Å². The average Bonchev–Trinajstić information content (AvgIpc) is 3.47. The van der Waals surface area contributed by atoms with Crippen LogP contribution in [-0.2, 0) is 23.8 Å². The summed E-state index contributed by atoms with van der Waals surface area (Å²) in [6.07, 6.45) is 6.02. The molecule has 3 aliphatic rings. The summed E-state index contributed by atoms with van der Waals surface area (Å²) in [5.41, 5.74) is -0.600. The Morgan fingerprint density at radius 1 is 0.949 bits per heavy atom. The molecular formula is C43H58N4O12. The van der Waals surface area contributed by atoms with Crippen molar-refractivity contribution in [1.29, 1.82) is 0 Å². The molecule has 3 heterocycles. The summed E-state index contributed by atoms with van der Waals surface area (Å²) in [5.74, 6) is -8.63. The molecule has 0 radical (unpaired) electrons. The highest BCUT2D eigenvalue weighted by atomic mass is 16.7. The molecule has 9 atom stereocenters. The first-order valence-corrected chi connectivity index (χ1v) is 19.6. The number of phenols is 3. The second-order valence-corrected chi connectivity index (χ2v) is 15.3. The maximum absolute atomic E-state index is 14.4. The minimum Gasteiger partial charge on any atom is -0.507 e. The fraction of sp³-hybridized carbons (Fsp3) is 0.512. The molecule has 0 aliphatic carbocycles. The number of anilines is 1. The zero-order chi connectivity index (χ0) is 44.1. The molecule has 0 spiro atoms. The number of hydrogen-bond acceptors (Lipinski definition) is 14. The van der Waals surface area contributed by atoms with E-state index in [2.05, 4.69) is 15.5 Å². The van der Waals surface area contributed by atoms with Gasteiger partial charge in [0.05, 0.1) is 53.0 Å². The molecule has 0 saturated carbocycles. The van der Waals surface area contributed by atoms with Crippen LogP contribution in [0, 0.1) is 30.6 Å². The van der Waals surface area contributed by atoms with Crippen LogP contribution in [-0.4, -0.2) is 111 Å². The highest BCUT2D eigenvalue weighted by Gasteiger charge is 2.50. The van der Waals surface area contributed by atoms with Crippen molar-refractivity contribution in [2.45, 2.75) is 99.4 Å². The number of Topliss-reactive ketones (excluding diaryl/α,β-unsaturated/α-hetero) is 1. The topological polar surface area (TPSA) is 229 Å². The highest BCUT2D eigenvalue weighted by Crippen LogP contribution is 2.55. The Bertz CT molecular complexity index is 2070. The van der Waals surface area contributed by atoms with Gasteiger partial charge in [-0.25, -0.2) is 0 Å². The molecule has 1 amide bonds. The molecule has 0 saturated heterocycles. The maximum Gasteiger partial charge on any atom is 0.312 e. The quantitative estimate of drug-likeness (QED) is 0.0510. The number of benzene rings is 2. The second-order valence-electron chi connectivity index (χ2n) is 15.3. The van der Waals surface area contributed by atoms with Crippen molar-refractivity contribution in [3.8, 4) is 23.0 Å². The number of carbonyl (C=O) groups excluding carboxylic acids is 3. The number of amides is 1. The monoisotopic (exact) mass is 822 g/mol. The first-order chi connectivity index (χ1) is 27.8. The van der Waals surface area contributed by atoms with E-state index in [4.69, 9.17) is 18.9 Å². The number of esters is 1. The lowest BCUT2D eigenvalue weighted by molar-refractivity contribution is -0.160. The minimum absolute atomic E-state index is 0.0341. The van der Waals surface area contributed by atoms with E-state index in [-0.39, 0.29) is 44.5 Å². The van der Waals surface area contributed by atoms with E-state index in [9.17, 15) is 39.9 Å². The maximum atomic E-state index is 14.4. The van der Waals surface area contributed by atoms with Crippen molar-refractivity contribution < 1.29 is 58.9 Å². The average molecular weight is 823 g/mol. The second kappa shape index (κ2) is 19.1. The van der Waals surface area contributed by atoms with Gasteiger partial charge in [0.1, 0.15) is 29.7 Å². The molecule has 322 valence electrons. The minimum atomic E-state index is -2.06. The largest absolute Gasteiger partial charge is 0.507 e. The molecule has 16 nitrogen and oxygen atoms in total. The number of aliphatic hydroxyl groups excluding tert-OH is 2. The number of phenolic OH excluding ortho intramolecular Hbond substituents is 3. The fourth-order valence-electron chi connectivity index (χ4n) is 7.45. The smallest absolute Gasteiger partial charge is 0.312 e. The van der Waals surface area contributed by atoms with E-state index >= 15 is 0 Å². The van der Waals surface area contributed by atoms with Crippen LogP contribution in [0.4, 0.5) is 5.69 Å². The number of allylic oxidation sites excluding steroid dienone is 2. The number of aromatic hydroxyl groups is 3. The van der Waals surface area contributed by atoms with Gasteiger partial charge in [-0.05, 0) is 33.8 Å². The first kappa shape index (κ1) is 46.2. The number of aliphatic hydroxyl groups is 2. The molecule has 16 heteroatoms. The summed E-state index contributed by atoms with van der Waals surface area (Å²) < 4.78 is 23.5. The third-order valence-electron chi connectivity index (χ3n) is 11.3. The van der Waals surface area contributed by atoms with Gasteiger partial charge >= 0.3 is 11.8 Å². The summed E-state index contributed by atoms with van der Waals surface area (Å²) in [7, 11) is 1.43. The van der Waals surface area contributed by atoms with Crippen molar-refractivity contribution in [2.24, 2.45) is 33.9 Å². The number of nitrogens with zero attached hydrogens (tertiary/aromatic N) is 3. The van der Waals surface area contributed by atoms with Crippen molar-refractivity contribution in [1.82, 2.24) is 4.90 Å². The van der Waals surface area contributed by atoms with Gasteiger partial charge in [-0.1, -0.05) is 45.9 Å². The summed E-state index contributed by atoms with van der Waals surface area (Å²) >= 11 is 0. The van der Waals surface area contributed by atoms with Gasteiger partial charge < -0.3 is 54.7 Å². The van der Waals surface area contributed by atoms with E-state index in [0.29, 0.717) is 13.1 Å². The van der Waals surface area contributed by atoms with E-state index in [1.54, 1.807) is 39.8 Å². The van der Waals surface area contributed by atoms with Gasteiger partial charge in [0.2, 0.25) is 0 Å². The molecule has 6 N–H and O–H groups in total. The summed E-state index contributed by atoms with van der Waals surface area (Å²) in [4.78, 5) is 42.2. The molecule has 0 fully saturated rings. The molecular weight excluding hydrogens is 764 g/mol. The summed E-state index contributed by atoms with van der Waals surface area (Å²) in [6, 6.07) is 0. The molecule has 3 aliphatic heterocycles. The van der Waals surface area contributed by atoms with Crippen LogP contribution < -0.4 is 10.1 Å². The number of hydrogen-bond donors (Lipinski definition) is 6. The van der Waals surface area contributed by atoms with Gasteiger partial charge in [0.15, 0.2) is 5.75 Å². The van der Waals surface area contributed by atoms with E-state index in [0.717, 1.165) is 6.21 Å². The fourth-order valence-corrected chi connectivity index (χ4v) is 7.45. The lowest BCUT2D eigenvalue weighted by Gasteiger charge is -2.38. The zero-order valence-electron chi connectivity index (χ0n) is 35.5. The highest BCUT2D eigenvalue weighted by molar-refractivity contribution is 6.23. The number of nitrogens with one attached hydrogen (secondary N) is 1. The standard InChI is InChI=1S/C43H58N4O12/c1-12-47(13-2)20-45-44-19-28-33-38(53)31-30(37(28)52)32-40(26(8)36(31)51)59-43(10,41(32)54)57-18-17-29(56-11)23(5)39(58-27(9)48)25(7)35(50)24(6)34(49)21(3)15-14-16-22(4)42(55)46-33/h14-21,23-25,29,34-35,39,49-53H,12-13H2,1-11H3,(H,46,55)/b15-14+,18-17+,22-16-,44-19+,45-20+/t21-,23+,24+,25+,29-,34-,35+,39+,43-/m0/s1. The number of ketones is 1. The Morgan fingerprint density at radius 3 is 2.22 bits per heavy atom. The molecule has 59 heavy (non-hydrogen) atoms. The lowest BCUT2D eigenvalue weighted by atomic mass is 9.78. The molecule has 5 rings (SSSR count). The van der Waals surface area contributed by atoms with Crippen LogP contribution in [0.15, 0.2) is 46.3 Å². The lowest BCUT2D eigenvalue weighted by Crippen LogP contribution is -2.46. The number of methoxy groups -OCH3 is 1. The number of ether oxygens (including phenoxy) is 4. The molecule has 2 aromatic rings. The van der Waals surface area contributed by atoms with Crippen molar-refractivity contribution in [3.63, 3.8) is 0 Å². The number of carbonyl (C=O) groups is 3.